The van der Waals surface area contributed by atoms with Gasteiger partial charge < -0.3 is 4.57 Å². The van der Waals surface area contributed by atoms with Crippen molar-refractivity contribution in [2.24, 2.45) is 0 Å². The average molecular weight is 334 g/mol. The third-order valence-corrected chi connectivity index (χ3v) is 3.93. The maximum Gasteiger partial charge on any atom is 0.123 e. The van der Waals surface area contributed by atoms with Crippen LogP contribution in [0.1, 0.15) is 11.3 Å². The topological polar surface area (TPSA) is 72.3 Å². The van der Waals surface area contributed by atoms with Gasteiger partial charge in [0.05, 0.1) is 17.7 Å². The molecule has 0 spiro atoms. The molecule has 0 fully saturated rings. The van der Waals surface area contributed by atoms with Crippen LogP contribution < -0.4 is 0 Å². The van der Waals surface area contributed by atoms with E-state index in [1.807, 2.05) is 29.8 Å². The summed E-state index contributed by atoms with van der Waals surface area (Å²) in [5, 5.41) is 10.8. The highest BCUT2D eigenvalue weighted by Gasteiger charge is 2.10. The van der Waals surface area contributed by atoms with E-state index < -0.39 is 0 Å². The van der Waals surface area contributed by atoms with Crippen molar-refractivity contribution in [3.05, 3.63) is 72.2 Å². The van der Waals surface area contributed by atoms with Crippen molar-refractivity contribution in [3.8, 4) is 22.6 Å². The minimum atomic E-state index is -0.237. The van der Waals surface area contributed by atoms with Gasteiger partial charge in [0, 0.05) is 24.5 Å². The summed E-state index contributed by atoms with van der Waals surface area (Å²) in [6, 6.07) is 10.3. The number of halogens is 1. The molecule has 1 aromatic carbocycles. The Morgan fingerprint density at radius 3 is 2.64 bits per heavy atom. The van der Waals surface area contributed by atoms with Crippen LogP contribution in [0, 0.1) is 12.7 Å². The predicted octanol–water partition coefficient (Wildman–Crippen LogP) is 3.23. The van der Waals surface area contributed by atoms with Gasteiger partial charge in [-0.15, -0.1) is 0 Å². The van der Waals surface area contributed by atoms with Crippen LogP contribution in [0.4, 0.5) is 4.39 Å². The van der Waals surface area contributed by atoms with Crippen molar-refractivity contribution in [1.82, 2.24) is 29.9 Å². The van der Waals surface area contributed by atoms with Crippen molar-refractivity contribution in [2.45, 2.75) is 13.5 Å². The van der Waals surface area contributed by atoms with Gasteiger partial charge in [-0.25, -0.2) is 9.37 Å². The molecular formula is C18H15FN6. The second-order valence-electron chi connectivity index (χ2n) is 5.75. The number of benzene rings is 1. The lowest BCUT2D eigenvalue weighted by atomic mass is 10.1. The number of H-pyrrole nitrogens is 1. The molecule has 0 bridgehead atoms. The van der Waals surface area contributed by atoms with Crippen molar-refractivity contribution < 1.29 is 4.39 Å². The Kier molecular flexibility index (Phi) is 3.81. The molecule has 4 rings (SSSR count). The number of aromatic amines is 1. The summed E-state index contributed by atoms with van der Waals surface area (Å²) in [4.78, 5) is 8.82. The Labute approximate surface area is 143 Å². The van der Waals surface area contributed by atoms with E-state index in [9.17, 15) is 4.39 Å². The molecule has 124 valence electrons. The first-order valence-corrected chi connectivity index (χ1v) is 7.79. The van der Waals surface area contributed by atoms with Gasteiger partial charge in [0.25, 0.3) is 0 Å². The third-order valence-electron chi connectivity index (χ3n) is 3.93. The number of hydrogen-bond acceptors (Lipinski definition) is 4. The Balaban J connectivity index is 1.60. The number of imidazole rings is 1. The SMILES string of the molecule is Cc1n[nH]nc1-c1ccnc(-c2cn(Cc3ccc(F)cc3)cn2)c1. The van der Waals surface area contributed by atoms with Crippen LogP contribution in [0.2, 0.25) is 0 Å². The van der Waals surface area contributed by atoms with E-state index >= 15 is 0 Å². The van der Waals surface area contributed by atoms with Gasteiger partial charge in [-0.3, -0.25) is 4.98 Å². The van der Waals surface area contributed by atoms with Crippen molar-refractivity contribution in [3.63, 3.8) is 0 Å². The van der Waals surface area contributed by atoms with Crippen molar-refractivity contribution in [1.29, 1.82) is 0 Å². The summed E-state index contributed by atoms with van der Waals surface area (Å²) in [5.41, 5.74) is 5.10. The van der Waals surface area contributed by atoms with Gasteiger partial charge in [-0.1, -0.05) is 12.1 Å². The average Bonchev–Trinajstić information content (AvgIpc) is 3.26. The number of aryl methyl sites for hydroxylation is 1. The molecule has 0 aliphatic carbocycles. The normalized spacial score (nSPS) is 11.0. The number of nitrogens with one attached hydrogen (secondary N) is 1. The van der Waals surface area contributed by atoms with Gasteiger partial charge in [0.15, 0.2) is 0 Å². The zero-order valence-corrected chi connectivity index (χ0v) is 13.5. The highest BCUT2D eigenvalue weighted by molar-refractivity contribution is 5.67. The molecule has 0 aliphatic rings. The molecule has 6 nitrogen and oxygen atoms in total. The van der Waals surface area contributed by atoms with Gasteiger partial charge in [0.2, 0.25) is 0 Å². The van der Waals surface area contributed by atoms with Crippen LogP contribution in [0.3, 0.4) is 0 Å². The first kappa shape index (κ1) is 15.2. The molecule has 0 unspecified atom stereocenters. The molecule has 0 atom stereocenters. The fourth-order valence-corrected chi connectivity index (χ4v) is 2.65. The van der Waals surface area contributed by atoms with Crippen LogP contribution in [-0.2, 0) is 6.54 Å². The Morgan fingerprint density at radius 1 is 1.04 bits per heavy atom. The lowest BCUT2D eigenvalue weighted by Gasteiger charge is -2.02. The smallest absolute Gasteiger partial charge is 0.123 e. The first-order valence-electron chi connectivity index (χ1n) is 7.79. The van der Waals surface area contributed by atoms with Crippen molar-refractivity contribution >= 4 is 0 Å². The zero-order valence-electron chi connectivity index (χ0n) is 13.5. The summed E-state index contributed by atoms with van der Waals surface area (Å²) in [6.07, 6.45) is 5.40. The van der Waals surface area contributed by atoms with Crippen LogP contribution in [0.15, 0.2) is 55.1 Å². The van der Waals surface area contributed by atoms with E-state index in [0.717, 1.165) is 33.9 Å². The molecule has 3 heterocycles. The molecule has 0 aliphatic heterocycles. The second kappa shape index (κ2) is 6.27. The molecule has 25 heavy (non-hydrogen) atoms. The largest absolute Gasteiger partial charge is 0.332 e. The van der Waals surface area contributed by atoms with Gasteiger partial charge >= 0.3 is 0 Å². The summed E-state index contributed by atoms with van der Waals surface area (Å²) < 4.78 is 14.9. The lowest BCUT2D eigenvalue weighted by molar-refractivity contribution is 0.626. The molecule has 7 heteroatoms. The highest BCUT2D eigenvalue weighted by atomic mass is 19.1. The zero-order chi connectivity index (χ0) is 17.2. The fourth-order valence-electron chi connectivity index (χ4n) is 2.65. The molecule has 0 radical (unpaired) electrons. The van der Waals surface area contributed by atoms with Crippen molar-refractivity contribution in [2.75, 3.05) is 0 Å². The summed E-state index contributed by atoms with van der Waals surface area (Å²) in [6.45, 7) is 2.52. The summed E-state index contributed by atoms with van der Waals surface area (Å²) in [5.74, 6) is -0.237. The number of hydrogen-bond donors (Lipinski definition) is 1. The van der Waals surface area contributed by atoms with Gasteiger partial charge in [-0.2, -0.15) is 15.4 Å². The minimum absolute atomic E-state index is 0.237. The second-order valence-corrected chi connectivity index (χ2v) is 5.75. The van der Waals surface area contributed by atoms with E-state index in [1.165, 1.54) is 12.1 Å². The fraction of sp³-hybridized carbons (Fsp3) is 0.111. The maximum atomic E-state index is 13.0. The number of nitrogens with zero attached hydrogens (tertiary/aromatic N) is 5. The first-order chi connectivity index (χ1) is 12.2. The Hall–Kier alpha value is -3.35. The van der Waals surface area contributed by atoms with E-state index in [2.05, 4.69) is 25.4 Å². The number of aromatic nitrogens is 6. The monoisotopic (exact) mass is 334 g/mol. The molecule has 3 aromatic heterocycles. The third kappa shape index (κ3) is 3.16. The Morgan fingerprint density at radius 2 is 1.88 bits per heavy atom. The number of rotatable bonds is 4. The lowest BCUT2D eigenvalue weighted by Crippen LogP contribution is -1.96. The van der Waals surface area contributed by atoms with Gasteiger partial charge in [0.1, 0.15) is 17.2 Å². The molecule has 1 N–H and O–H groups in total. The molecule has 4 aromatic rings. The molecule has 0 saturated heterocycles. The Bertz CT molecular complexity index is 1000. The summed E-state index contributed by atoms with van der Waals surface area (Å²) >= 11 is 0. The van der Waals surface area contributed by atoms with E-state index in [0.29, 0.717) is 6.54 Å². The quantitative estimate of drug-likeness (QED) is 0.622. The van der Waals surface area contributed by atoms with E-state index in [1.54, 1.807) is 24.7 Å². The number of pyridine rings is 1. The summed E-state index contributed by atoms with van der Waals surface area (Å²) in [7, 11) is 0. The molecule has 0 saturated carbocycles. The molecule has 0 amide bonds. The van der Waals surface area contributed by atoms with Crippen LogP contribution in [0.25, 0.3) is 22.6 Å². The van der Waals surface area contributed by atoms with Crippen LogP contribution in [0.5, 0.6) is 0 Å². The van der Waals surface area contributed by atoms with E-state index in [4.69, 9.17) is 0 Å². The van der Waals surface area contributed by atoms with E-state index in [-0.39, 0.29) is 5.82 Å². The predicted molar refractivity (Wildman–Crippen MR) is 91.1 cm³/mol. The standard InChI is InChI=1S/C18H15FN6/c1-12-18(23-24-22-12)14-6-7-20-16(8-14)17-10-25(11-21-17)9-13-2-4-15(19)5-3-13/h2-8,10-11H,9H2,1H3,(H,22,23,24). The van der Waals surface area contributed by atoms with Crippen LogP contribution in [-0.4, -0.2) is 29.9 Å². The maximum absolute atomic E-state index is 13.0. The minimum Gasteiger partial charge on any atom is -0.332 e. The van der Waals surface area contributed by atoms with Gasteiger partial charge in [-0.05, 0) is 36.8 Å². The highest BCUT2D eigenvalue weighted by Crippen LogP contribution is 2.23. The van der Waals surface area contributed by atoms with Crippen LogP contribution >= 0.6 is 0 Å². The molecular weight excluding hydrogens is 319 g/mol.